The van der Waals surface area contributed by atoms with Crippen LogP contribution in [-0.2, 0) is 11.3 Å². The van der Waals surface area contributed by atoms with Crippen molar-refractivity contribution in [2.45, 2.75) is 20.5 Å². The maximum atomic E-state index is 5.52. The van der Waals surface area contributed by atoms with Crippen molar-refractivity contribution in [3.63, 3.8) is 0 Å². The van der Waals surface area contributed by atoms with Crippen molar-refractivity contribution >= 4 is 0 Å². The zero-order chi connectivity index (χ0) is 11.1. The smallest absolute Gasteiger partial charge is 0.124 e. The molecule has 0 atom stereocenters. The average molecular weight is 206 g/mol. The lowest BCUT2D eigenvalue weighted by molar-refractivity contribution is 0.146. The van der Waals surface area contributed by atoms with Gasteiger partial charge in [0.25, 0.3) is 0 Å². The van der Waals surface area contributed by atoms with E-state index in [1.807, 2.05) is 24.3 Å². The molecule has 0 aliphatic carbocycles. The molecule has 0 amide bonds. The highest BCUT2D eigenvalue weighted by Crippen LogP contribution is 2.17. The molecule has 2 nitrogen and oxygen atoms in total. The van der Waals surface area contributed by atoms with Gasteiger partial charge >= 0.3 is 0 Å². The van der Waals surface area contributed by atoms with Crippen molar-refractivity contribution in [1.29, 1.82) is 0 Å². The van der Waals surface area contributed by atoms with E-state index in [0.717, 1.165) is 11.3 Å². The van der Waals surface area contributed by atoms with Gasteiger partial charge in [0.2, 0.25) is 0 Å². The lowest BCUT2D eigenvalue weighted by Crippen LogP contribution is -1.96. The van der Waals surface area contributed by atoms with E-state index in [4.69, 9.17) is 9.47 Å². The van der Waals surface area contributed by atoms with E-state index < -0.39 is 0 Å². The Morgan fingerprint density at radius 2 is 2.00 bits per heavy atom. The summed E-state index contributed by atoms with van der Waals surface area (Å²) >= 11 is 0. The Kier molecular flexibility index (Phi) is 4.91. The van der Waals surface area contributed by atoms with Gasteiger partial charge in [-0.1, -0.05) is 29.8 Å². The Morgan fingerprint density at radius 3 is 2.67 bits per heavy atom. The summed E-state index contributed by atoms with van der Waals surface area (Å²) in [6.45, 7) is 5.37. The highest BCUT2D eigenvalue weighted by Gasteiger charge is 1.99. The number of rotatable bonds is 5. The van der Waals surface area contributed by atoms with Gasteiger partial charge in [0.1, 0.15) is 5.75 Å². The summed E-state index contributed by atoms with van der Waals surface area (Å²) in [5.41, 5.74) is 2.36. The van der Waals surface area contributed by atoms with Crippen LogP contribution in [0.1, 0.15) is 19.4 Å². The fourth-order valence-corrected chi connectivity index (χ4v) is 1.22. The van der Waals surface area contributed by atoms with Gasteiger partial charge in [-0.2, -0.15) is 0 Å². The Hall–Kier alpha value is -1.28. The quantitative estimate of drug-likeness (QED) is 0.544. The van der Waals surface area contributed by atoms with E-state index >= 15 is 0 Å². The maximum Gasteiger partial charge on any atom is 0.124 e. The Bertz CT molecular complexity index is 325. The molecule has 0 aliphatic heterocycles. The molecule has 0 radical (unpaired) electrons. The molecule has 1 rings (SSSR count). The zero-order valence-electron chi connectivity index (χ0n) is 9.62. The minimum absolute atomic E-state index is 0.591. The summed E-state index contributed by atoms with van der Waals surface area (Å²) in [4.78, 5) is 0. The van der Waals surface area contributed by atoms with Crippen molar-refractivity contribution in [2.24, 2.45) is 0 Å². The van der Waals surface area contributed by atoms with Crippen LogP contribution in [0.15, 0.2) is 35.9 Å². The van der Waals surface area contributed by atoms with E-state index in [1.165, 1.54) is 5.57 Å². The van der Waals surface area contributed by atoms with Crippen LogP contribution in [-0.4, -0.2) is 13.7 Å². The minimum atomic E-state index is 0.591. The molecule has 1 aromatic carbocycles. The van der Waals surface area contributed by atoms with E-state index in [2.05, 4.69) is 19.9 Å². The topological polar surface area (TPSA) is 18.5 Å². The molecule has 2 heteroatoms. The molecule has 0 unspecified atom stereocenters. The average Bonchev–Trinajstić information content (AvgIpc) is 2.24. The van der Waals surface area contributed by atoms with Gasteiger partial charge in [0.05, 0.1) is 20.3 Å². The second-order valence-electron chi connectivity index (χ2n) is 3.61. The largest absolute Gasteiger partial charge is 0.496 e. The van der Waals surface area contributed by atoms with Crippen LogP contribution in [0, 0.1) is 0 Å². The Labute approximate surface area is 91.5 Å². The summed E-state index contributed by atoms with van der Waals surface area (Å²) < 4.78 is 10.7. The first kappa shape index (κ1) is 11.8. The van der Waals surface area contributed by atoms with Gasteiger partial charge in [-0.25, -0.2) is 0 Å². The number of methoxy groups -OCH3 is 1. The molecular weight excluding hydrogens is 188 g/mol. The predicted molar refractivity (Wildman–Crippen MR) is 62.1 cm³/mol. The van der Waals surface area contributed by atoms with Crippen LogP contribution in [0.25, 0.3) is 0 Å². The minimum Gasteiger partial charge on any atom is -0.496 e. The molecule has 0 N–H and O–H groups in total. The molecule has 0 fully saturated rings. The molecule has 0 spiro atoms. The van der Waals surface area contributed by atoms with Crippen LogP contribution < -0.4 is 4.74 Å². The van der Waals surface area contributed by atoms with Crippen LogP contribution in [0.5, 0.6) is 5.75 Å². The van der Waals surface area contributed by atoms with Crippen LogP contribution in [0.3, 0.4) is 0 Å². The number of benzene rings is 1. The number of para-hydroxylation sites is 1. The summed E-state index contributed by atoms with van der Waals surface area (Å²) in [6.07, 6.45) is 2.06. The van der Waals surface area contributed by atoms with Crippen molar-refractivity contribution in [1.82, 2.24) is 0 Å². The van der Waals surface area contributed by atoms with E-state index in [-0.39, 0.29) is 0 Å². The molecule has 0 saturated carbocycles. The van der Waals surface area contributed by atoms with E-state index in [9.17, 15) is 0 Å². The van der Waals surface area contributed by atoms with Gasteiger partial charge in [0.15, 0.2) is 0 Å². The predicted octanol–water partition coefficient (Wildman–Crippen LogP) is 3.18. The fourth-order valence-electron chi connectivity index (χ4n) is 1.22. The van der Waals surface area contributed by atoms with Crippen molar-refractivity contribution in [2.75, 3.05) is 13.7 Å². The van der Waals surface area contributed by atoms with Crippen LogP contribution >= 0.6 is 0 Å². The third-order valence-corrected chi connectivity index (χ3v) is 2.06. The second kappa shape index (κ2) is 6.25. The first-order valence-electron chi connectivity index (χ1n) is 5.07. The molecule has 0 saturated heterocycles. The molecule has 0 aliphatic rings. The first-order valence-corrected chi connectivity index (χ1v) is 5.07. The monoisotopic (exact) mass is 206 g/mol. The number of allylic oxidation sites excluding steroid dienone is 1. The SMILES string of the molecule is COc1ccccc1COCC=C(C)C. The van der Waals surface area contributed by atoms with Gasteiger partial charge < -0.3 is 9.47 Å². The molecule has 0 aromatic heterocycles. The third-order valence-electron chi connectivity index (χ3n) is 2.06. The molecule has 15 heavy (non-hydrogen) atoms. The lowest BCUT2D eigenvalue weighted by atomic mass is 10.2. The molecule has 82 valence electrons. The summed E-state index contributed by atoms with van der Waals surface area (Å²) in [5.74, 6) is 0.884. The normalized spacial score (nSPS) is 9.80. The zero-order valence-corrected chi connectivity index (χ0v) is 9.62. The van der Waals surface area contributed by atoms with E-state index in [0.29, 0.717) is 13.2 Å². The Morgan fingerprint density at radius 1 is 1.27 bits per heavy atom. The van der Waals surface area contributed by atoms with Crippen LogP contribution in [0.2, 0.25) is 0 Å². The van der Waals surface area contributed by atoms with Gasteiger partial charge in [-0.05, 0) is 19.9 Å². The number of hydrogen-bond acceptors (Lipinski definition) is 2. The summed E-state index contributed by atoms with van der Waals surface area (Å²) in [7, 11) is 1.68. The summed E-state index contributed by atoms with van der Waals surface area (Å²) in [6, 6.07) is 7.90. The fraction of sp³-hybridized carbons (Fsp3) is 0.385. The molecular formula is C13H18O2. The lowest BCUT2D eigenvalue weighted by Gasteiger charge is -2.07. The van der Waals surface area contributed by atoms with Crippen molar-refractivity contribution in [3.8, 4) is 5.75 Å². The molecule has 0 bridgehead atoms. The second-order valence-corrected chi connectivity index (χ2v) is 3.61. The number of hydrogen-bond donors (Lipinski definition) is 0. The maximum absolute atomic E-state index is 5.52. The Balaban J connectivity index is 2.46. The third kappa shape index (κ3) is 4.17. The van der Waals surface area contributed by atoms with Gasteiger partial charge in [0, 0.05) is 5.56 Å². The summed E-state index contributed by atoms with van der Waals surface area (Å²) in [5, 5.41) is 0. The first-order chi connectivity index (χ1) is 7.24. The van der Waals surface area contributed by atoms with E-state index in [1.54, 1.807) is 7.11 Å². The standard InChI is InChI=1S/C13H18O2/c1-11(2)8-9-15-10-12-6-4-5-7-13(12)14-3/h4-8H,9-10H2,1-3H3. The van der Waals surface area contributed by atoms with Gasteiger partial charge in [-0.3, -0.25) is 0 Å². The van der Waals surface area contributed by atoms with Gasteiger partial charge in [-0.15, -0.1) is 0 Å². The number of ether oxygens (including phenoxy) is 2. The van der Waals surface area contributed by atoms with Crippen molar-refractivity contribution in [3.05, 3.63) is 41.5 Å². The highest BCUT2D eigenvalue weighted by atomic mass is 16.5. The molecule has 0 heterocycles. The van der Waals surface area contributed by atoms with Crippen LogP contribution in [0.4, 0.5) is 0 Å². The highest BCUT2D eigenvalue weighted by molar-refractivity contribution is 5.32. The van der Waals surface area contributed by atoms with Crippen molar-refractivity contribution < 1.29 is 9.47 Å². The molecule has 1 aromatic rings.